The molecule has 0 spiro atoms. The molecule has 0 atom stereocenters. The summed E-state index contributed by atoms with van der Waals surface area (Å²) in [6, 6.07) is 5.37. The lowest BCUT2D eigenvalue weighted by atomic mass is 10.0. The average Bonchev–Trinajstić information content (AvgIpc) is 3.26. The summed E-state index contributed by atoms with van der Waals surface area (Å²) in [5, 5.41) is 3.43. The third-order valence-corrected chi connectivity index (χ3v) is 4.48. The summed E-state index contributed by atoms with van der Waals surface area (Å²) in [5.74, 6) is -0.289. The number of carbonyl (C=O) groups is 2. The quantitative estimate of drug-likeness (QED) is 0.849. The van der Waals surface area contributed by atoms with Crippen LogP contribution in [0.2, 0.25) is 5.02 Å². The first-order chi connectivity index (χ1) is 9.94. The molecule has 1 aromatic rings. The molecule has 1 saturated carbocycles. The maximum absolute atomic E-state index is 12.5. The third-order valence-electron chi connectivity index (χ3n) is 4.07. The molecule has 2 amide bonds. The van der Waals surface area contributed by atoms with Crippen molar-refractivity contribution >= 4 is 29.1 Å². The first kappa shape index (κ1) is 15.8. The summed E-state index contributed by atoms with van der Waals surface area (Å²) in [6.07, 6.45) is 1.24. The summed E-state index contributed by atoms with van der Waals surface area (Å²) in [5.41, 5.74) is 0.716. The molecule has 1 fully saturated rings. The zero-order valence-corrected chi connectivity index (χ0v) is 13.5. The monoisotopic (exact) mass is 308 g/mol. The summed E-state index contributed by atoms with van der Waals surface area (Å²) >= 11 is 6.06. The third kappa shape index (κ3) is 3.05. The highest BCUT2D eigenvalue weighted by Crippen LogP contribution is 2.48. The molecule has 1 aliphatic carbocycles. The molecule has 0 unspecified atom stereocenters. The van der Waals surface area contributed by atoms with Crippen LogP contribution in [0.3, 0.4) is 0 Å². The van der Waals surface area contributed by atoms with Crippen molar-refractivity contribution in [1.29, 1.82) is 0 Å². The van der Waals surface area contributed by atoms with Crippen LogP contribution < -0.4 is 5.32 Å². The second kappa shape index (κ2) is 6.06. The van der Waals surface area contributed by atoms with E-state index >= 15 is 0 Å². The molecule has 0 heterocycles. The van der Waals surface area contributed by atoms with Gasteiger partial charge >= 0.3 is 0 Å². The standard InChI is InChI=1S/C16H21ClN2O2/c1-4-19(5-2)15(21)16(8-9-16)14(20)18-12-7-6-11(3)13(17)10-12/h6-7,10H,4-5,8-9H2,1-3H3,(H,18,20). The smallest absolute Gasteiger partial charge is 0.240 e. The number of halogens is 1. The lowest BCUT2D eigenvalue weighted by Crippen LogP contribution is -2.42. The molecule has 0 saturated heterocycles. The zero-order chi connectivity index (χ0) is 15.6. The fourth-order valence-electron chi connectivity index (χ4n) is 2.40. The van der Waals surface area contributed by atoms with Gasteiger partial charge in [-0.15, -0.1) is 0 Å². The van der Waals surface area contributed by atoms with Crippen molar-refractivity contribution < 1.29 is 9.59 Å². The van der Waals surface area contributed by atoms with Gasteiger partial charge in [0.05, 0.1) is 0 Å². The molecule has 21 heavy (non-hydrogen) atoms. The number of carbonyl (C=O) groups excluding carboxylic acids is 2. The van der Waals surface area contributed by atoms with Crippen LogP contribution in [-0.2, 0) is 9.59 Å². The number of nitrogens with one attached hydrogen (secondary N) is 1. The van der Waals surface area contributed by atoms with E-state index in [1.807, 2.05) is 26.8 Å². The lowest BCUT2D eigenvalue weighted by Gasteiger charge is -2.24. The first-order valence-corrected chi connectivity index (χ1v) is 7.69. The van der Waals surface area contributed by atoms with E-state index in [1.54, 1.807) is 17.0 Å². The Hall–Kier alpha value is -1.55. The second-order valence-corrected chi connectivity index (χ2v) is 5.88. The van der Waals surface area contributed by atoms with Crippen LogP contribution in [-0.4, -0.2) is 29.8 Å². The van der Waals surface area contributed by atoms with E-state index in [9.17, 15) is 9.59 Å². The van der Waals surface area contributed by atoms with Gasteiger partial charge in [-0.1, -0.05) is 17.7 Å². The van der Waals surface area contributed by atoms with Gasteiger partial charge in [0, 0.05) is 23.8 Å². The number of nitrogens with zero attached hydrogens (tertiary/aromatic N) is 1. The molecule has 4 nitrogen and oxygen atoms in total. The number of hydrogen-bond acceptors (Lipinski definition) is 2. The number of aryl methyl sites for hydroxylation is 1. The van der Waals surface area contributed by atoms with Gasteiger partial charge in [0.15, 0.2) is 0 Å². The number of rotatable bonds is 5. The topological polar surface area (TPSA) is 49.4 Å². The summed E-state index contributed by atoms with van der Waals surface area (Å²) < 4.78 is 0. The Morgan fingerprint density at radius 2 is 1.90 bits per heavy atom. The van der Waals surface area contributed by atoms with Gasteiger partial charge in [0.1, 0.15) is 5.41 Å². The van der Waals surface area contributed by atoms with Crippen LogP contribution in [0.25, 0.3) is 0 Å². The fraction of sp³-hybridized carbons (Fsp3) is 0.500. The normalized spacial score (nSPS) is 15.4. The molecule has 0 aromatic heterocycles. The van der Waals surface area contributed by atoms with E-state index < -0.39 is 5.41 Å². The van der Waals surface area contributed by atoms with E-state index in [1.165, 1.54) is 0 Å². The minimum Gasteiger partial charge on any atom is -0.342 e. The Bertz CT molecular complexity index is 563. The predicted octanol–water partition coefficient (Wildman–Crippen LogP) is 3.24. The molecule has 0 bridgehead atoms. The average molecular weight is 309 g/mol. The number of anilines is 1. The molecule has 1 aromatic carbocycles. The molecular weight excluding hydrogens is 288 g/mol. The van der Waals surface area contributed by atoms with E-state index in [2.05, 4.69) is 5.32 Å². The van der Waals surface area contributed by atoms with Crippen molar-refractivity contribution in [3.63, 3.8) is 0 Å². The van der Waals surface area contributed by atoms with E-state index in [-0.39, 0.29) is 11.8 Å². The fourth-order valence-corrected chi connectivity index (χ4v) is 2.58. The van der Waals surface area contributed by atoms with E-state index in [0.29, 0.717) is 36.6 Å². The van der Waals surface area contributed by atoms with Crippen molar-refractivity contribution in [2.75, 3.05) is 18.4 Å². The highest BCUT2D eigenvalue weighted by molar-refractivity contribution is 6.31. The summed E-state index contributed by atoms with van der Waals surface area (Å²) in [7, 11) is 0. The summed E-state index contributed by atoms with van der Waals surface area (Å²) in [6.45, 7) is 7.01. The molecule has 1 N–H and O–H groups in total. The van der Waals surface area contributed by atoms with Crippen molar-refractivity contribution in [2.24, 2.45) is 5.41 Å². The highest BCUT2D eigenvalue weighted by Gasteiger charge is 2.57. The molecule has 0 radical (unpaired) electrons. The summed E-state index contributed by atoms with van der Waals surface area (Å²) in [4.78, 5) is 26.7. The van der Waals surface area contributed by atoms with Gasteiger partial charge in [-0.05, 0) is 51.3 Å². The van der Waals surface area contributed by atoms with Crippen molar-refractivity contribution in [2.45, 2.75) is 33.6 Å². The van der Waals surface area contributed by atoms with Crippen LogP contribution in [0, 0.1) is 12.3 Å². The van der Waals surface area contributed by atoms with Gasteiger partial charge in [-0.3, -0.25) is 9.59 Å². The molecule has 114 valence electrons. The Morgan fingerprint density at radius 1 is 1.29 bits per heavy atom. The number of benzene rings is 1. The van der Waals surface area contributed by atoms with Crippen LogP contribution in [0.1, 0.15) is 32.3 Å². The Kier molecular flexibility index (Phi) is 4.57. The highest BCUT2D eigenvalue weighted by atomic mass is 35.5. The van der Waals surface area contributed by atoms with Gasteiger partial charge in [-0.2, -0.15) is 0 Å². The Morgan fingerprint density at radius 3 is 2.38 bits per heavy atom. The van der Waals surface area contributed by atoms with Gasteiger partial charge in [0.25, 0.3) is 0 Å². The minimum atomic E-state index is -0.872. The largest absolute Gasteiger partial charge is 0.342 e. The maximum Gasteiger partial charge on any atom is 0.240 e. The van der Waals surface area contributed by atoms with Gasteiger partial charge in [-0.25, -0.2) is 0 Å². The molecule has 2 rings (SSSR count). The number of amides is 2. The maximum atomic E-state index is 12.5. The number of hydrogen-bond donors (Lipinski definition) is 1. The van der Waals surface area contributed by atoms with E-state index in [0.717, 1.165) is 5.56 Å². The molecule has 1 aliphatic rings. The van der Waals surface area contributed by atoms with Crippen molar-refractivity contribution in [3.8, 4) is 0 Å². The zero-order valence-electron chi connectivity index (χ0n) is 12.7. The predicted molar refractivity (Wildman–Crippen MR) is 84.4 cm³/mol. The lowest BCUT2D eigenvalue weighted by molar-refractivity contribution is -0.141. The van der Waals surface area contributed by atoms with Crippen LogP contribution in [0.5, 0.6) is 0 Å². The van der Waals surface area contributed by atoms with Gasteiger partial charge in [0.2, 0.25) is 11.8 Å². The van der Waals surface area contributed by atoms with E-state index in [4.69, 9.17) is 11.6 Å². The van der Waals surface area contributed by atoms with Crippen LogP contribution >= 0.6 is 11.6 Å². The van der Waals surface area contributed by atoms with Gasteiger partial charge < -0.3 is 10.2 Å². The molecule has 0 aliphatic heterocycles. The van der Waals surface area contributed by atoms with Crippen LogP contribution in [0.4, 0.5) is 5.69 Å². The molecular formula is C16H21ClN2O2. The van der Waals surface area contributed by atoms with Crippen molar-refractivity contribution in [3.05, 3.63) is 28.8 Å². The first-order valence-electron chi connectivity index (χ1n) is 7.31. The molecule has 5 heteroatoms. The van der Waals surface area contributed by atoms with Crippen LogP contribution in [0.15, 0.2) is 18.2 Å². The Labute approximate surface area is 130 Å². The second-order valence-electron chi connectivity index (χ2n) is 5.48. The SMILES string of the molecule is CCN(CC)C(=O)C1(C(=O)Nc2ccc(C)c(Cl)c2)CC1. The van der Waals surface area contributed by atoms with Crippen molar-refractivity contribution in [1.82, 2.24) is 4.90 Å². The Balaban J connectivity index is 2.12. The minimum absolute atomic E-state index is 0.0665.